The van der Waals surface area contributed by atoms with Crippen molar-refractivity contribution in [3.05, 3.63) is 59.5 Å². The first-order chi connectivity index (χ1) is 23.4. The molecule has 2 aromatic carbocycles. The first-order valence-electron chi connectivity index (χ1n) is 16.5. The first-order valence-corrected chi connectivity index (χ1v) is 16.5. The lowest BCUT2D eigenvalue weighted by atomic mass is 9.99. The van der Waals surface area contributed by atoms with E-state index in [1.54, 1.807) is 75.2 Å². The van der Waals surface area contributed by atoms with E-state index in [0.29, 0.717) is 65.6 Å². The average molecular weight is 678 g/mol. The highest BCUT2D eigenvalue weighted by molar-refractivity contribution is 6.00. The van der Waals surface area contributed by atoms with E-state index in [9.17, 15) is 24.3 Å². The molecule has 1 aliphatic rings. The van der Waals surface area contributed by atoms with Gasteiger partial charge in [-0.2, -0.15) is 0 Å². The lowest BCUT2D eigenvalue weighted by molar-refractivity contribution is -0.116. The van der Waals surface area contributed by atoms with Crippen LogP contribution in [0.15, 0.2) is 47.0 Å². The molecule has 264 valence electrons. The maximum absolute atomic E-state index is 13.8. The fraction of sp³-hybridized carbons (Fsp3) is 0.457. The molecule has 3 atom stereocenters. The molecule has 3 aromatic rings. The van der Waals surface area contributed by atoms with Crippen LogP contribution in [-0.4, -0.2) is 82.7 Å². The van der Waals surface area contributed by atoms with Crippen molar-refractivity contribution in [1.29, 1.82) is 0 Å². The predicted octanol–water partition coefficient (Wildman–Crippen LogP) is 4.79. The van der Waals surface area contributed by atoms with Gasteiger partial charge in [-0.15, -0.1) is 0 Å². The van der Waals surface area contributed by atoms with Crippen molar-refractivity contribution in [3.63, 3.8) is 0 Å². The van der Waals surface area contributed by atoms with Crippen molar-refractivity contribution in [3.8, 4) is 5.75 Å². The van der Waals surface area contributed by atoms with Crippen LogP contribution >= 0.6 is 0 Å². The van der Waals surface area contributed by atoms with Gasteiger partial charge < -0.3 is 45.9 Å². The zero-order valence-corrected chi connectivity index (χ0v) is 28.7. The molecular weight excluding hydrogens is 630 g/mol. The van der Waals surface area contributed by atoms with Gasteiger partial charge in [0.2, 0.25) is 11.8 Å². The minimum absolute atomic E-state index is 0.136. The van der Waals surface area contributed by atoms with Crippen LogP contribution in [0.25, 0.3) is 0 Å². The van der Waals surface area contributed by atoms with Crippen LogP contribution in [0.4, 0.5) is 27.5 Å². The maximum Gasteiger partial charge on any atom is 0.321 e. The second-order valence-corrected chi connectivity index (χ2v) is 12.6. The fourth-order valence-electron chi connectivity index (χ4n) is 5.53. The number of aromatic nitrogens is 1. The van der Waals surface area contributed by atoms with Gasteiger partial charge in [-0.1, -0.05) is 30.6 Å². The summed E-state index contributed by atoms with van der Waals surface area (Å²) >= 11 is 0. The van der Waals surface area contributed by atoms with Crippen molar-refractivity contribution in [2.45, 2.75) is 71.9 Å². The molecule has 4 rings (SSSR count). The summed E-state index contributed by atoms with van der Waals surface area (Å²) in [6, 6.07) is 11.1. The summed E-state index contributed by atoms with van der Waals surface area (Å²) < 4.78 is 11.5. The van der Waals surface area contributed by atoms with Crippen molar-refractivity contribution in [2.75, 3.05) is 48.4 Å². The van der Waals surface area contributed by atoms with Gasteiger partial charge in [-0.05, 0) is 63.9 Å². The molecule has 0 radical (unpaired) electrons. The number of hydrogen-bond donors (Lipinski definition) is 5. The summed E-state index contributed by atoms with van der Waals surface area (Å²) in [5.41, 5.74) is 8.70. The van der Waals surface area contributed by atoms with E-state index in [1.807, 2.05) is 6.92 Å². The number of ether oxygens (including phenoxy) is 1. The second-order valence-electron chi connectivity index (χ2n) is 12.6. The highest BCUT2D eigenvalue weighted by atomic mass is 16.5. The van der Waals surface area contributed by atoms with Crippen LogP contribution in [-0.2, 0) is 9.59 Å². The summed E-state index contributed by atoms with van der Waals surface area (Å²) in [5, 5.41) is 22.3. The summed E-state index contributed by atoms with van der Waals surface area (Å²) in [4.78, 5) is 55.0. The van der Waals surface area contributed by atoms with Crippen LogP contribution in [0.2, 0.25) is 0 Å². The quantitative estimate of drug-likeness (QED) is 0.125. The molecule has 6 N–H and O–H groups in total. The van der Waals surface area contributed by atoms with Crippen molar-refractivity contribution < 1.29 is 33.5 Å². The number of hydrogen-bond acceptors (Lipinski definition) is 9. The van der Waals surface area contributed by atoms with Gasteiger partial charge in [0.25, 0.3) is 5.91 Å². The number of aryl methyl sites for hydroxylation is 2. The number of benzene rings is 2. The van der Waals surface area contributed by atoms with Gasteiger partial charge in [0.05, 0.1) is 36.1 Å². The number of nitrogens with zero attached hydrogens (tertiary/aromatic N) is 3. The molecular formula is C35H47N7O7. The average Bonchev–Trinajstić information content (AvgIpc) is 3.39. The molecule has 1 aliphatic heterocycles. The predicted molar refractivity (Wildman–Crippen MR) is 186 cm³/mol. The van der Waals surface area contributed by atoms with Crippen LogP contribution in [0.1, 0.15) is 67.8 Å². The minimum atomic E-state index is -0.506. The van der Waals surface area contributed by atoms with Crippen LogP contribution in [0.5, 0.6) is 5.75 Å². The first kappa shape index (κ1) is 36.7. The molecule has 14 nitrogen and oxygen atoms in total. The van der Waals surface area contributed by atoms with Gasteiger partial charge in [0, 0.05) is 38.0 Å². The highest BCUT2D eigenvalue weighted by Gasteiger charge is 2.34. The standard InChI is InChI=1S/C35H47N7O7/c1-21-18-42(22(2)20-43)34(46)26-17-25(37-31(44)13-7-6-8-14-32(45)38-28-12-10-9-11-27(28)36)15-16-29(26)48-30(21)19-41(5)35(47)39-33-23(3)40-49-24(33)4/h9-12,15-17,21-22,30,43H,6-8,13-14,18-20,36H2,1-5H3,(H,37,44)(H,38,45)(H,39,47)/t21-,22-,30-/m0/s1. The largest absolute Gasteiger partial charge is 0.487 e. The van der Waals surface area contributed by atoms with Crippen molar-refractivity contribution in [1.82, 2.24) is 15.0 Å². The van der Waals surface area contributed by atoms with E-state index in [2.05, 4.69) is 21.1 Å². The van der Waals surface area contributed by atoms with Gasteiger partial charge in [0.15, 0.2) is 5.76 Å². The smallest absolute Gasteiger partial charge is 0.321 e. The van der Waals surface area contributed by atoms with Gasteiger partial charge >= 0.3 is 6.03 Å². The number of nitrogen functional groups attached to an aromatic ring is 1. The van der Waals surface area contributed by atoms with Gasteiger partial charge in [0.1, 0.15) is 23.2 Å². The Bertz CT molecular complexity index is 1620. The van der Waals surface area contributed by atoms with Crippen molar-refractivity contribution in [2.24, 2.45) is 5.92 Å². The molecule has 0 bridgehead atoms. The van der Waals surface area contributed by atoms with E-state index in [-0.39, 0.29) is 61.4 Å². The second kappa shape index (κ2) is 16.8. The minimum Gasteiger partial charge on any atom is -0.487 e. The zero-order valence-electron chi connectivity index (χ0n) is 28.7. The van der Waals surface area contributed by atoms with E-state index >= 15 is 0 Å². The molecule has 0 aliphatic carbocycles. The number of anilines is 4. The Labute approximate surface area is 286 Å². The Morgan fingerprint density at radius 1 is 1.06 bits per heavy atom. The number of carbonyl (C=O) groups excluding carboxylic acids is 4. The van der Waals surface area contributed by atoms with Gasteiger partial charge in [-0.25, -0.2) is 4.79 Å². The Balaban J connectivity index is 1.37. The lowest BCUT2D eigenvalue weighted by Crippen LogP contribution is -2.50. The van der Waals surface area contributed by atoms with Crippen LogP contribution in [0, 0.1) is 19.8 Å². The fourth-order valence-corrected chi connectivity index (χ4v) is 5.53. The number of amides is 5. The number of para-hydroxylation sites is 2. The van der Waals surface area contributed by atoms with E-state index in [0.717, 1.165) is 0 Å². The Kier molecular flexibility index (Phi) is 12.6. The molecule has 5 amide bonds. The third-order valence-corrected chi connectivity index (χ3v) is 8.56. The third-order valence-electron chi connectivity index (χ3n) is 8.56. The highest BCUT2D eigenvalue weighted by Crippen LogP contribution is 2.31. The molecule has 49 heavy (non-hydrogen) atoms. The third kappa shape index (κ3) is 9.72. The normalized spacial score (nSPS) is 16.4. The number of nitrogens with one attached hydrogen (secondary N) is 3. The Hall–Kier alpha value is -5.11. The van der Waals surface area contributed by atoms with E-state index in [4.69, 9.17) is 15.0 Å². The zero-order chi connectivity index (χ0) is 35.7. The molecule has 0 unspecified atom stereocenters. The topological polar surface area (TPSA) is 192 Å². The summed E-state index contributed by atoms with van der Waals surface area (Å²) in [5.74, 6) is -0.0967. The maximum atomic E-state index is 13.8. The number of rotatable bonds is 13. The number of aliphatic hydroxyl groups excluding tert-OH is 1. The molecule has 14 heteroatoms. The molecule has 0 spiro atoms. The number of fused-ring (bicyclic) bond motifs is 1. The monoisotopic (exact) mass is 677 g/mol. The summed E-state index contributed by atoms with van der Waals surface area (Å²) in [7, 11) is 1.65. The number of nitrogens with two attached hydrogens (primary N) is 1. The molecule has 0 fully saturated rings. The molecule has 0 saturated carbocycles. The number of unbranched alkanes of at least 4 members (excludes halogenated alkanes) is 2. The SMILES string of the molecule is Cc1noc(C)c1NC(=O)N(C)C[C@@H]1Oc2ccc(NC(=O)CCCCCC(=O)Nc3ccccc3N)cc2C(=O)N([C@@H](C)CO)C[C@@H]1C. The van der Waals surface area contributed by atoms with E-state index in [1.165, 1.54) is 4.90 Å². The number of likely N-dealkylation sites (N-methyl/N-ethyl adjacent to an activating group) is 1. The number of aliphatic hydroxyl groups is 1. The number of carbonyl (C=O) groups is 4. The Morgan fingerprint density at radius 3 is 2.41 bits per heavy atom. The Morgan fingerprint density at radius 2 is 1.76 bits per heavy atom. The lowest BCUT2D eigenvalue weighted by Gasteiger charge is -2.38. The van der Waals surface area contributed by atoms with Crippen LogP contribution < -0.4 is 26.4 Å². The number of urea groups is 1. The summed E-state index contributed by atoms with van der Waals surface area (Å²) in [6.45, 7) is 7.38. The molecule has 1 aromatic heterocycles. The van der Waals surface area contributed by atoms with Crippen molar-refractivity contribution >= 4 is 46.5 Å². The van der Waals surface area contributed by atoms with Gasteiger partial charge in [-0.3, -0.25) is 14.4 Å². The van der Waals surface area contributed by atoms with E-state index < -0.39 is 12.1 Å². The molecule has 2 heterocycles. The summed E-state index contributed by atoms with van der Waals surface area (Å²) in [6.07, 6.45) is 1.93. The molecule has 0 saturated heterocycles. The van der Waals surface area contributed by atoms with Crippen LogP contribution in [0.3, 0.4) is 0 Å².